The van der Waals surface area contributed by atoms with Crippen LogP contribution < -0.4 is 16.6 Å². The summed E-state index contributed by atoms with van der Waals surface area (Å²) in [6.45, 7) is 2.08. The van der Waals surface area contributed by atoms with Gasteiger partial charge in [0.15, 0.2) is 0 Å². The van der Waals surface area contributed by atoms with Gasteiger partial charge in [-0.3, -0.25) is 9.78 Å². The number of hydrogen-bond donors (Lipinski definition) is 2. The molecule has 1 fully saturated rings. The summed E-state index contributed by atoms with van der Waals surface area (Å²) < 4.78 is 1.11. The van der Waals surface area contributed by atoms with E-state index in [1.807, 2.05) is 30.3 Å². The molecule has 0 radical (unpaired) electrons. The van der Waals surface area contributed by atoms with Crippen LogP contribution in [0.25, 0.3) is 5.69 Å². The van der Waals surface area contributed by atoms with Gasteiger partial charge in [-0.05, 0) is 68.4 Å². The lowest BCUT2D eigenvalue weighted by Gasteiger charge is -2.33. The molecule has 1 aliphatic heterocycles. The van der Waals surface area contributed by atoms with E-state index in [0.717, 1.165) is 47.9 Å². The predicted octanol–water partition coefficient (Wildman–Crippen LogP) is 3.00. The van der Waals surface area contributed by atoms with Crippen molar-refractivity contribution >= 4 is 23.2 Å². The zero-order chi connectivity index (χ0) is 22.0. The molecular formula is C22H23Cl2N5O2. The van der Waals surface area contributed by atoms with Gasteiger partial charge in [0.2, 0.25) is 0 Å². The van der Waals surface area contributed by atoms with Crippen molar-refractivity contribution in [2.24, 2.45) is 0 Å². The van der Waals surface area contributed by atoms with Crippen molar-refractivity contribution in [3.63, 3.8) is 0 Å². The maximum Gasteiger partial charge on any atom is 0.349 e. The minimum atomic E-state index is -0.616. The van der Waals surface area contributed by atoms with Gasteiger partial charge >= 0.3 is 5.69 Å². The summed E-state index contributed by atoms with van der Waals surface area (Å²) in [5.74, 6) is 0. The molecular weight excluding hydrogens is 437 g/mol. The standard InChI is InChI=1S/C22H23Cl2N5O2/c1-28-10-8-16(9-11-28)26-21(14-2-4-15(23)5-3-14)18-7-6-17(12-19(18)24)29-22(31)27-20(30)13-25-29/h2-7,12-13,16,21,26H,8-11H2,1H3,(H,27,30,31). The average Bonchev–Trinajstić information content (AvgIpc) is 2.74. The quantitative estimate of drug-likeness (QED) is 0.612. The van der Waals surface area contributed by atoms with Crippen LogP contribution in [0.3, 0.4) is 0 Å². The van der Waals surface area contributed by atoms with E-state index in [9.17, 15) is 9.59 Å². The molecule has 2 N–H and O–H groups in total. The molecule has 0 aliphatic carbocycles. The van der Waals surface area contributed by atoms with Crippen molar-refractivity contribution in [1.29, 1.82) is 0 Å². The molecule has 1 unspecified atom stereocenters. The third-order valence-electron chi connectivity index (χ3n) is 5.58. The van der Waals surface area contributed by atoms with Gasteiger partial charge in [0, 0.05) is 16.1 Å². The molecule has 1 aromatic heterocycles. The number of rotatable bonds is 5. The summed E-state index contributed by atoms with van der Waals surface area (Å²) in [5.41, 5.74) is 1.26. The molecule has 0 spiro atoms. The summed E-state index contributed by atoms with van der Waals surface area (Å²) >= 11 is 12.8. The Bertz CT molecular complexity index is 1170. The lowest BCUT2D eigenvalue weighted by atomic mass is 9.95. The van der Waals surface area contributed by atoms with Crippen LogP contribution in [0.5, 0.6) is 0 Å². The normalized spacial score (nSPS) is 16.4. The number of likely N-dealkylation sites (tertiary alicyclic amines) is 1. The van der Waals surface area contributed by atoms with Crippen LogP contribution in [0.15, 0.2) is 58.3 Å². The fraction of sp³-hybridized carbons (Fsp3) is 0.318. The fourth-order valence-corrected chi connectivity index (χ4v) is 4.26. The van der Waals surface area contributed by atoms with E-state index in [1.165, 1.54) is 0 Å². The molecule has 0 amide bonds. The minimum absolute atomic E-state index is 0.132. The lowest BCUT2D eigenvalue weighted by molar-refractivity contribution is 0.229. The summed E-state index contributed by atoms with van der Waals surface area (Å²) in [5, 5.41) is 8.83. The van der Waals surface area contributed by atoms with Gasteiger partial charge < -0.3 is 10.2 Å². The smallest absolute Gasteiger partial charge is 0.306 e. The van der Waals surface area contributed by atoms with Crippen molar-refractivity contribution in [1.82, 2.24) is 25.0 Å². The summed E-state index contributed by atoms with van der Waals surface area (Å²) in [7, 11) is 2.13. The van der Waals surface area contributed by atoms with Gasteiger partial charge in [-0.15, -0.1) is 0 Å². The highest BCUT2D eigenvalue weighted by atomic mass is 35.5. The molecule has 0 saturated carbocycles. The maximum absolute atomic E-state index is 12.1. The summed E-state index contributed by atoms with van der Waals surface area (Å²) in [4.78, 5) is 27.9. The van der Waals surface area contributed by atoms with Crippen LogP contribution in [0.1, 0.15) is 30.0 Å². The first-order chi connectivity index (χ1) is 14.9. The summed E-state index contributed by atoms with van der Waals surface area (Å²) in [6.07, 6.45) is 3.15. The largest absolute Gasteiger partial charge is 0.349 e. The van der Waals surface area contributed by atoms with Crippen LogP contribution in [-0.2, 0) is 0 Å². The van der Waals surface area contributed by atoms with Crippen LogP contribution >= 0.6 is 23.2 Å². The second kappa shape index (κ2) is 9.36. The monoisotopic (exact) mass is 459 g/mol. The van der Waals surface area contributed by atoms with E-state index in [-0.39, 0.29) is 6.04 Å². The minimum Gasteiger partial charge on any atom is -0.306 e. The van der Waals surface area contributed by atoms with E-state index in [0.29, 0.717) is 21.8 Å². The topological polar surface area (TPSA) is 83.0 Å². The lowest BCUT2D eigenvalue weighted by Crippen LogP contribution is -2.42. The second-order valence-corrected chi connectivity index (χ2v) is 8.63. The zero-order valence-electron chi connectivity index (χ0n) is 17.0. The number of aromatic amines is 1. The van der Waals surface area contributed by atoms with E-state index in [4.69, 9.17) is 23.2 Å². The molecule has 0 bridgehead atoms. The van der Waals surface area contributed by atoms with E-state index in [1.54, 1.807) is 12.1 Å². The Morgan fingerprint density at radius 1 is 1.10 bits per heavy atom. The summed E-state index contributed by atoms with van der Waals surface area (Å²) in [6, 6.07) is 13.3. The molecule has 162 valence electrons. The van der Waals surface area contributed by atoms with Crippen molar-refractivity contribution < 1.29 is 0 Å². The van der Waals surface area contributed by atoms with E-state index < -0.39 is 11.2 Å². The zero-order valence-corrected chi connectivity index (χ0v) is 18.5. The Labute approximate surface area is 189 Å². The first-order valence-electron chi connectivity index (χ1n) is 10.1. The molecule has 3 aromatic rings. The molecule has 4 rings (SSSR count). The van der Waals surface area contributed by atoms with Gasteiger partial charge in [0.05, 0.1) is 11.7 Å². The SMILES string of the molecule is CN1CCC(NC(c2ccc(Cl)cc2)c2ccc(-n3ncc(=O)[nH]c3=O)cc2Cl)CC1. The number of H-pyrrole nitrogens is 1. The number of hydrogen-bond acceptors (Lipinski definition) is 5. The van der Waals surface area contributed by atoms with Crippen molar-refractivity contribution in [3.8, 4) is 5.69 Å². The van der Waals surface area contributed by atoms with Crippen LogP contribution in [0, 0.1) is 0 Å². The molecule has 2 heterocycles. The molecule has 9 heteroatoms. The first kappa shape index (κ1) is 21.8. The van der Waals surface area contributed by atoms with Crippen molar-refractivity contribution in [3.05, 3.63) is 90.7 Å². The molecule has 31 heavy (non-hydrogen) atoms. The average molecular weight is 460 g/mol. The third kappa shape index (κ3) is 5.07. The van der Waals surface area contributed by atoms with Gasteiger partial charge in [0.25, 0.3) is 5.56 Å². The highest BCUT2D eigenvalue weighted by Crippen LogP contribution is 2.31. The third-order valence-corrected chi connectivity index (χ3v) is 6.16. The number of piperidine rings is 1. The van der Waals surface area contributed by atoms with Gasteiger partial charge in [0.1, 0.15) is 6.20 Å². The molecule has 1 saturated heterocycles. The van der Waals surface area contributed by atoms with Crippen LogP contribution in [0.4, 0.5) is 0 Å². The number of benzene rings is 2. The first-order valence-corrected chi connectivity index (χ1v) is 10.8. The van der Waals surface area contributed by atoms with Crippen LogP contribution in [-0.4, -0.2) is 45.8 Å². The Morgan fingerprint density at radius 3 is 2.45 bits per heavy atom. The van der Waals surface area contributed by atoms with E-state index >= 15 is 0 Å². The number of aromatic nitrogens is 3. The Balaban J connectivity index is 1.69. The second-order valence-electron chi connectivity index (χ2n) is 7.79. The van der Waals surface area contributed by atoms with Gasteiger partial charge in [-0.2, -0.15) is 9.78 Å². The molecule has 7 nitrogen and oxygen atoms in total. The molecule has 2 aromatic carbocycles. The highest BCUT2D eigenvalue weighted by Gasteiger charge is 2.24. The van der Waals surface area contributed by atoms with Gasteiger partial charge in [-0.25, -0.2) is 4.79 Å². The fourth-order valence-electron chi connectivity index (χ4n) is 3.85. The van der Waals surface area contributed by atoms with E-state index in [2.05, 4.69) is 27.3 Å². The highest BCUT2D eigenvalue weighted by molar-refractivity contribution is 6.31. The maximum atomic E-state index is 12.1. The Morgan fingerprint density at radius 2 is 1.81 bits per heavy atom. The van der Waals surface area contributed by atoms with Crippen molar-refractivity contribution in [2.45, 2.75) is 24.9 Å². The Kier molecular flexibility index (Phi) is 6.57. The number of nitrogens with one attached hydrogen (secondary N) is 2. The molecule has 1 aliphatic rings. The predicted molar refractivity (Wildman–Crippen MR) is 122 cm³/mol. The Hall–Kier alpha value is -2.45. The van der Waals surface area contributed by atoms with Gasteiger partial charge in [-0.1, -0.05) is 41.4 Å². The van der Waals surface area contributed by atoms with Crippen LogP contribution in [0.2, 0.25) is 10.0 Å². The number of halogens is 2. The van der Waals surface area contributed by atoms with Crippen molar-refractivity contribution in [2.75, 3.05) is 20.1 Å². The molecule has 1 atom stereocenters. The number of nitrogens with zero attached hydrogens (tertiary/aromatic N) is 3.